The fraction of sp³-hybridized carbons (Fsp3) is 0.682. The molecule has 4 nitrogen and oxygen atoms in total. The maximum absolute atomic E-state index is 14.3. The van der Waals surface area contributed by atoms with Crippen molar-refractivity contribution < 1.29 is 4.39 Å². The Bertz CT molecular complexity index is 823. The minimum Gasteiger partial charge on any atom is -0.327 e. The van der Waals surface area contributed by atoms with E-state index in [4.69, 9.17) is 4.98 Å². The van der Waals surface area contributed by atoms with E-state index in [1.165, 1.54) is 36.2 Å². The van der Waals surface area contributed by atoms with Crippen LogP contribution in [-0.4, -0.2) is 57.2 Å². The van der Waals surface area contributed by atoms with Gasteiger partial charge in [-0.1, -0.05) is 12.5 Å². The van der Waals surface area contributed by atoms with E-state index in [9.17, 15) is 4.39 Å². The lowest BCUT2D eigenvalue weighted by Crippen LogP contribution is -2.42. The number of imidazole rings is 1. The van der Waals surface area contributed by atoms with E-state index in [1.54, 1.807) is 6.92 Å². The number of alkyl halides is 1. The third kappa shape index (κ3) is 3.52. The summed E-state index contributed by atoms with van der Waals surface area (Å²) in [5, 5.41) is 0. The summed E-state index contributed by atoms with van der Waals surface area (Å²) < 4.78 is 16.8. The number of piperidine rings is 1. The molecule has 1 saturated heterocycles. The minimum absolute atomic E-state index is 0.543. The average molecular weight is 371 g/mol. The summed E-state index contributed by atoms with van der Waals surface area (Å²) in [6.07, 6.45) is 6.84. The zero-order valence-electron chi connectivity index (χ0n) is 16.5. The van der Waals surface area contributed by atoms with Crippen molar-refractivity contribution >= 4 is 11.0 Å². The van der Waals surface area contributed by atoms with Gasteiger partial charge in [0, 0.05) is 45.2 Å². The van der Waals surface area contributed by atoms with Gasteiger partial charge in [-0.05, 0) is 56.8 Å². The van der Waals surface area contributed by atoms with Gasteiger partial charge in [-0.3, -0.25) is 9.80 Å². The first-order valence-electron chi connectivity index (χ1n) is 10.7. The number of aromatic nitrogens is 2. The Morgan fingerprint density at radius 2 is 2.04 bits per heavy atom. The molecule has 1 aliphatic carbocycles. The number of halogens is 1. The van der Waals surface area contributed by atoms with E-state index in [-0.39, 0.29) is 0 Å². The summed E-state index contributed by atoms with van der Waals surface area (Å²) in [4.78, 5) is 9.90. The number of nitrogens with zero attached hydrogens (tertiary/aromatic N) is 4. The molecule has 0 amide bonds. The van der Waals surface area contributed by atoms with Gasteiger partial charge in [0.25, 0.3) is 0 Å². The molecule has 1 atom stereocenters. The van der Waals surface area contributed by atoms with Crippen molar-refractivity contribution in [2.75, 3.05) is 26.2 Å². The van der Waals surface area contributed by atoms with Crippen LogP contribution in [0.4, 0.5) is 4.39 Å². The van der Waals surface area contributed by atoms with Crippen molar-refractivity contribution in [2.45, 2.75) is 70.2 Å². The molecule has 3 heterocycles. The molecule has 2 aliphatic heterocycles. The Morgan fingerprint density at radius 3 is 2.81 bits per heavy atom. The third-order valence-corrected chi connectivity index (χ3v) is 6.85. The molecule has 5 rings (SSSR count). The van der Waals surface area contributed by atoms with Gasteiger partial charge in [0.1, 0.15) is 11.5 Å². The summed E-state index contributed by atoms with van der Waals surface area (Å²) in [6, 6.07) is 7.50. The lowest BCUT2D eigenvalue weighted by molar-refractivity contribution is 0.0563. The standard InChI is InChI=1S/C22H31FN4/c1-22(23)9-3-10-25(16-22)15-17-6-7-20-19(14-17)24-21-8-11-26(12-13-27(20)21)18-4-2-5-18/h6-7,14,18H,2-5,8-13,15-16H2,1H3. The molecule has 2 fully saturated rings. The molecule has 1 aromatic heterocycles. The number of likely N-dealkylation sites (tertiary alicyclic amines) is 1. The van der Waals surface area contributed by atoms with Gasteiger partial charge in [0.2, 0.25) is 0 Å². The number of benzene rings is 1. The number of fused-ring (bicyclic) bond motifs is 3. The summed E-state index contributed by atoms with van der Waals surface area (Å²) in [5.74, 6) is 1.23. The summed E-state index contributed by atoms with van der Waals surface area (Å²) in [7, 11) is 0. The zero-order valence-corrected chi connectivity index (χ0v) is 16.5. The maximum atomic E-state index is 14.3. The van der Waals surface area contributed by atoms with Crippen LogP contribution in [0.2, 0.25) is 0 Å². The lowest BCUT2D eigenvalue weighted by Gasteiger charge is -2.36. The van der Waals surface area contributed by atoms with Crippen molar-refractivity contribution in [3.8, 4) is 0 Å². The van der Waals surface area contributed by atoms with Crippen LogP contribution in [0, 0.1) is 0 Å². The fourth-order valence-corrected chi connectivity index (χ4v) is 5.15. The van der Waals surface area contributed by atoms with Crippen LogP contribution >= 0.6 is 0 Å². The molecular formula is C22H31FN4. The van der Waals surface area contributed by atoms with E-state index < -0.39 is 5.67 Å². The van der Waals surface area contributed by atoms with Crippen LogP contribution in [0.25, 0.3) is 11.0 Å². The molecule has 0 spiro atoms. The molecule has 3 aliphatic rings. The number of hydrogen-bond donors (Lipinski definition) is 0. The van der Waals surface area contributed by atoms with Crippen LogP contribution in [0.1, 0.15) is 50.4 Å². The first-order valence-corrected chi connectivity index (χ1v) is 10.7. The third-order valence-electron chi connectivity index (χ3n) is 6.85. The van der Waals surface area contributed by atoms with Crippen molar-refractivity contribution in [1.82, 2.24) is 19.4 Å². The first-order chi connectivity index (χ1) is 13.1. The number of rotatable bonds is 3. The van der Waals surface area contributed by atoms with E-state index in [0.29, 0.717) is 13.0 Å². The van der Waals surface area contributed by atoms with Gasteiger partial charge in [-0.25, -0.2) is 9.37 Å². The Hall–Kier alpha value is -1.46. The SMILES string of the molecule is CC1(F)CCCN(Cc2ccc3c(c2)nc2n3CCN(C3CCC3)CC2)C1. The average Bonchev–Trinajstić information content (AvgIpc) is 2.79. The molecule has 5 heteroatoms. The van der Waals surface area contributed by atoms with Gasteiger partial charge in [0.15, 0.2) is 0 Å². The number of hydrogen-bond acceptors (Lipinski definition) is 3. The van der Waals surface area contributed by atoms with Gasteiger partial charge >= 0.3 is 0 Å². The van der Waals surface area contributed by atoms with Gasteiger partial charge in [0.05, 0.1) is 11.0 Å². The minimum atomic E-state index is -1.04. The second-order valence-electron chi connectivity index (χ2n) is 9.10. The Labute approximate surface area is 161 Å². The second kappa shape index (κ2) is 6.85. The fourth-order valence-electron chi connectivity index (χ4n) is 5.15. The molecule has 2 aromatic rings. The molecule has 0 bridgehead atoms. The topological polar surface area (TPSA) is 24.3 Å². The van der Waals surface area contributed by atoms with E-state index in [1.807, 2.05) is 0 Å². The summed E-state index contributed by atoms with van der Waals surface area (Å²) in [6.45, 7) is 7.44. The van der Waals surface area contributed by atoms with Gasteiger partial charge < -0.3 is 4.57 Å². The molecule has 1 aromatic carbocycles. The molecule has 1 saturated carbocycles. The highest BCUT2D eigenvalue weighted by atomic mass is 19.1. The summed E-state index contributed by atoms with van der Waals surface area (Å²) in [5.41, 5.74) is 2.59. The van der Waals surface area contributed by atoms with Crippen molar-refractivity contribution in [3.05, 3.63) is 29.6 Å². The van der Waals surface area contributed by atoms with E-state index >= 15 is 0 Å². The molecule has 0 N–H and O–H groups in total. The van der Waals surface area contributed by atoms with Crippen molar-refractivity contribution in [1.29, 1.82) is 0 Å². The second-order valence-corrected chi connectivity index (χ2v) is 9.10. The Kier molecular flexibility index (Phi) is 4.47. The normalized spacial score (nSPS) is 28.1. The molecule has 1 unspecified atom stereocenters. The predicted octanol–water partition coefficient (Wildman–Crippen LogP) is 3.77. The molecule has 0 radical (unpaired) electrons. The highest BCUT2D eigenvalue weighted by Gasteiger charge is 2.30. The smallest absolute Gasteiger partial charge is 0.120 e. The van der Waals surface area contributed by atoms with Crippen LogP contribution in [0.3, 0.4) is 0 Å². The largest absolute Gasteiger partial charge is 0.327 e. The summed E-state index contributed by atoms with van der Waals surface area (Å²) >= 11 is 0. The zero-order chi connectivity index (χ0) is 18.4. The van der Waals surface area contributed by atoms with E-state index in [0.717, 1.165) is 57.1 Å². The quantitative estimate of drug-likeness (QED) is 0.822. The van der Waals surface area contributed by atoms with Gasteiger partial charge in [-0.2, -0.15) is 0 Å². The van der Waals surface area contributed by atoms with Crippen LogP contribution in [-0.2, 0) is 19.5 Å². The Balaban J connectivity index is 1.33. The monoisotopic (exact) mass is 370 g/mol. The molecule has 27 heavy (non-hydrogen) atoms. The molecular weight excluding hydrogens is 339 g/mol. The lowest BCUT2D eigenvalue weighted by atomic mass is 9.91. The van der Waals surface area contributed by atoms with Crippen LogP contribution in [0.15, 0.2) is 18.2 Å². The molecule has 146 valence electrons. The van der Waals surface area contributed by atoms with Crippen molar-refractivity contribution in [2.24, 2.45) is 0 Å². The first kappa shape index (κ1) is 17.6. The van der Waals surface area contributed by atoms with Gasteiger partial charge in [-0.15, -0.1) is 0 Å². The Morgan fingerprint density at radius 1 is 1.15 bits per heavy atom. The highest BCUT2D eigenvalue weighted by Crippen LogP contribution is 2.29. The van der Waals surface area contributed by atoms with Crippen LogP contribution in [0.5, 0.6) is 0 Å². The van der Waals surface area contributed by atoms with E-state index in [2.05, 4.69) is 32.6 Å². The predicted molar refractivity (Wildman–Crippen MR) is 107 cm³/mol. The van der Waals surface area contributed by atoms with Crippen molar-refractivity contribution in [3.63, 3.8) is 0 Å². The highest BCUT2D eigenvalue weighted by molar-refractivity contribution is 5.77. The maximum Gasteiger partial charge on any atom is 0.120 e. The van der Waals surface area contributed by atoms with Crippen LogP contribution < -0.4 is 0 Å².